The lowest BCUT2D eigenvalue weighted by Crippen LogP contribution is -2.30. The van der Waals surface area contributed by atoms with Crippen molar-refractivity contribution in [1.29, 1.82) is 0 Å². The van der Waals surface area contributed by atoms with Crippen LogP contribution in [0.25, 0.3) is 0 Å². The summed E-state index contributed by atoms with van der Waals surface area (Å²) in [7, 11) is -1.02. The van der Waals surface area contributed by atoms with E-state index in [1.54, 1.807) is 19.2 Å². The molecule has 33 heavy (non-hydrogen) atoms. The number of amides is 1. The highest BCUT2D eigenvalue weighted by atomic mass is 35.5. The molecule has 0 aliphatic heterocycles. The minimum absolute atomic E-state index is 0.00760. The summed E-state index contributed by atoms with van der Waals surface area (Å²) in [6, 6.07) is 9.14. The molecule has 3 aromatic rings. The van der Waals surface area contributed by atoms with Gasteiger partial charge in [0, 0.05) is 19.7 Å². The van der Waals surface area contributed by atoms with Gasteiger partial charge < -0.3 is 0 Å². The number of aldehydes is 1. The zero-order valence-corrected chi connectivity index (χ0v) is 20.4. The average Bonchev–Trinajstić information content (AvgIpc) is 3.19. The first-order valence-electron chi connectivity index (χ1n) is 9.90. The van der Waals surface area contributed by atoms with Gasteiger partial charge in [0.15, 0.2) is 6.29 Å². The molecule has 174 valence electrons. The van der Waals surface area contributed by atoms with Gasteiger partial charge in [-0.2, -0.15) is 0 Å². The third kappa shape index (κ3) is 5.07. The number of aromatic nitrogens is 3. The van der Waals surface area contributed by atoms with Gasteiger partial charge in [-0.25, -0.2) is 13.4 Å². The molecule has 0 unspecified atom stereocenters. The van der Waals surface area contributed by atoms with Crippen LogP contribution < -0.4 is 9.62 Å². The van der Waals surface area contributed by atoms with E-state index in [2.05, 4.69) is 14.8 Å². The average molecular weight is 490 g/mol. The summed E-state index contributed by atoms with van der Waals surface area (Å²) >= 11 is 6.13. The maximum atomic E-state index is 13.3. The van der Waals surface area contributed by atoms with E-state index in [0.717, 1.165) is 10.5 Å². The highest BCUT2D eigenvalue weighted by Gasteiger charge is 2.27. The Hall–Kier alpha value is -3.24. The van der Waals surface area contributed by atoms with Crippen LogP contribution in [0.1, 0.15) is 47.1 Å². The molecule has 0 spiro atoms. The Morgan fingerprint density at radius 3 is 2.30 bits per heavy atom. The molecule has 0 bridgehead atoms. The summed E-state index contributed by atoms with van der Waals surface area (Å²) in [5.41, 5.74) is 0.384. The number of nitrogens with one attached hydrogen (secondary N) is 1. The third-order valence-electron chi connectivity index (χ3n) is 4.99. The van der Waals surface area contributed by atoms with E-state index in [4.69, 9.17) is 11.6 Å². The van der Waals surface area contributed by atoms with Crippen LogP contribution >= 0.6 is 11.6 Å². The SMILES string of the molecule is CN(C(=O)c1c(NS(=O)(=O)c2ccc(C(C)(C)C)cc2)ccc(Cl)c1C=O)c1ncn(C)n1. The zero-order chi connectivity index (χ0) is 24.6. The first kappa shape index (κ1) is 24.4. The molecule has 3 rings (SSSR count). The standard InChI is InChI=1S/C22H24ClN5O4S/c1-22(2,3)14-6-8-15(9-7-14)33(31,32)26-18-11-10-17(23)16(12-29)19(18)20(30)28(5)21-24-13-27(4)25-21/h6-13,26H,1-5H3. The summed E-state index contributed by atoms with van der Waals surface area (Å²) < 4.78 is 30.0. The van der Waals surface area contributed by atoms with E-state index >= 15 is 0 Å². The molecule has 0 aliphatic rings. The largest absolute Gasteiger partial charge is 0.298 e. The molecule has 2 aromatic carbocycles. The van der Waals surface area contributed by atoms with Gasteiger partial charge in [-0.1, -0.05) is 44.5 Å². The van der Waals surface area contributed by atoms with Gasteiger partial charge in [-0.15, -0.1) is 5.10 Å². The van der Waals surface area contributed by atoms with Crippen LogP contribution in [0, 0.1) is 0 Å². The van der Waals surface area contributed by atoms with Crippen molar-refractivity contribution in [2.24, 2.45) is 7.05 Å². The monoisotopic (exact) mass is 489 g/mol. The van der Waals surface area contributed by atoms with Crippen LogP contribution in [0.5, 0.6) is 0 Å². The van der Waals surface area contributed by atoms with Crippen LogP contribution in [-0.2, 0) is 22.5 Å². The number of aryl methyl sites for hydroxylation is 1. The Labute approximate surface area is 197 Å². The Morgan fingerprint density at radius 2 is 1.79 bits per heavy atom. The van der Waals surface area contributed by atoms with Crippen LogP contribution in [0.4, 0.5) is 11.6 Å². The number of hydrogen-bond donors (Lipinski definition) is 1. The van der Waals surface area contributed by atoms with Crippen LogP contribution in [0.15, 0.2) is 47.6 Å². The minimum Gasteiger partial charge on any atom is -0.298 e. The van der Waals surface area contributed by atoms with E-state index in [-0.39, 0.29) is 38.1 Å². The molecule has 0 aliphatic carbocycles. The highest BCUT2D eigenvalue weighted by Crippen LogP contribution is 2.30. The number of nitrogens with zero attached hydrogens (tertiary/aromatic N) is 4. The Morgan fingerprint density at radius 1 is 1.15 bits per heavy atom. The molecular weight excluding hydrogens is 466 g/mol. The lowest BCUT2D eigenvalue weighted by atomic mass is 9.87. The number of carbonyl (C=O) groups is 2. The van der Waals surface area contributed by atoms with Crippen molar-refractivity contribution in [3.63, 3.8) is 0 Å². The summed E-state index contributed by atoms with van der Waals surface area (Å²) in [5.74, 6) is -0.627. The number of rotatable bonds is 6. The Kier molecular flexibility index (Phi) is 6.62. The van der Waals surface area contributed by atoms with Gasteiger partial charge in [0.2, 0.25) is 0 Å². The van der Waals surface area contributed by atoms with Crippen molar-refractivity contribution < 1.29 is 18.0 Å². The van der Waals surface area contributed by atoms with E-state index in [1.807, 2.05) is 20.8 Å². The van der Waals surface area contributed by atoms with Crippen molar-refractivity contribution >= 4 is 45.5 Å². The zero-order valence-electron chi connectivity index (χ0n) is 18.8. The van der Waals surface area contributed by atoms with Crippen molar-refractivity contribution in [1.82, 2.24) is 14.8 Å². The second-order valence-electron chi connectivity index (χ2n) is 8.46. The topological polar surface area (TPSA) is 114 Å². The maximum Gasteiger partial charge on any atom is 0.263 e. The number of sulfonamides is 1. The lowest BCUT2D eigenvalue weighted by molar-refractivity contribution is 0.0985. The van der Waals surface area contributed by atoms with Gasteiger partial charge in [0.1, 0.15) is 6.33 Å². The molecular formula is C22H24ClN5O4S. The molecule has 1 heterocycles. The number of hydrogen-bond acceptors (Lipinski definition) is 6. The predicted molar refractivity (Wildman–Crippen MR) is 127 cm³/mol. The Balaban J connectivity index is 2.04. The van der Waals surface area contributed by atoms with Gasteiger partial charge in [0.05, 0.1) is 21.2 Å². The Bertz CT molecular complexity index is 1310. The second-order valence-corrected chi connectivity index (χ2v) is 10.6. The molecule has 1 aromatic heterocycles. The van der Waals surface area contributed by atoms with Gasteiger partial charge in [-0.05, 0) is 35.2 Å². The van der Waals surface area contributed by atoms with E-state index in [1.165, 1.54) is 42.3 Å². The normalized spacial score (nSPS) is 11.8. The predicted octanol–water partition coefficient (Wildman–Crippen LogP) is 3.66. The quantitative estimate of drug-likeness (QED) is 0.528. The smallest absolute Gasteiger partial charge is 0.263 e. The van der Waals surface area contributed by atoms with E-state index < -0.39 is 15.9 Å². The number of carbonyl (C=O) groups excluding carboxylic acids is 2. The molecule has 1 N–H and O–H groups in total. The number of anilines is 2. The molecule has 9 nitrogen and oxygen atoms in total. The van der Waals surface area contributed by atoms with Crippen LogP contribution in [0.3, 0.4) is 0 Å². The van der Waals surface area contributed by atoms with Gasteiger partial charge in [-0.3, -0.25) is 23.9 Å². The summed E-state index contributed by atoms with van der Waals surface area (Å²) in [6.07, 6.45) is 1.81. The third-order valence-corrected chi connectivity index (χ3v) is 6.70. The number of halogens is 1. The number of benzene rings is 2. The molecule has 0 saturated heterocycles. The van der Waals surface area contributed by atoms with Crippen LogP contribution in [0.2, 0.25) is 5.02 Å². The van der Waals surface area contributed by atoms with Crippen molar-refractivity contribution in [2.75, 3.05) is 16.7 Å². The molecule has 1 amide bonds. The summed E-state index contributed by atoms with van der Waals surface area (Å²) in [4.78, 5) is 30.2. The van der Waals surface area contributed by atoms with Gasteiger partial charge in [0.25, 0.3) is 21.9 Å². The second kappa shape index (κ2) is 8.95. The van der Waals surface area contributed by atoms with Crippen molar-refractivity contribution in [2.45, 2.75) is 31.1 Å². The first-order chi connectivity index (χ1) is 15.3. The fourth-order valence-corrected chi connectivity index (χ4v) is 4.38. The summed E-state index contributed by atoms with van der Waals surface area (Å²) in [5, 5.41) is 4.07. The summed E-state index contributed by atoms with van der Waals surface area (Å²) in [6.45, 7) is 6.07. The molecule has 0 saturated carbocycles. The highest BCUT2D eigenvalue weighted by molar-refractivity contribution is 7.92. The van der Waals surface area contributed by atoms with E-state index in [9.17, 15) is 18.0 Å². The van der Waals surface area contributed by atoms with Crippen LogP contribution in [-0.4, -0.2) is 42.4 Å². The fourth-order valence-electron chi connectivity index (χ4n) is 3.10. The first-order valence-corrected chi connectivity index (χ1v) is 11.8. The molecule has 0 atom stereocenters. The van der Waals surface area contributed by atoms with Crippen molar-refractivity contribution in [3.05, 3.63) is 64.4 Å². The molecule has 0 fully saturated rings. The molecule has 11 heteroatoms. The lowest BCUT2D eigenvalue weighted by Gasteiger charge is -2.20. The fraction of sp³-hybridized carbons (Fsp3) is 0.273. The maximum absolute atomic E-state index is 13.3. The van der Waals surface area contributed by atoms with Gasteiger partial charge >= 0.3 is 0 Å². The van der Waals surface area contributed by atoms with Crippen molar-refractivity contribution in [3.8, 4) is 0 Å². The minimum atomic E-state index is -4.07. The van der Waals surface area contributed by atoms with E-state index in [0.29, 0.717) is 6.29 Å². The molecule has 0 radical (unpaired) electrons.